The summed E-state index contributed by atoms with van der Waals surface area (Å²) in [6, 6.07) is 19.8. The van der Waals surface area contributed by atoms with Crippen LogP contribution in [0.25, 0.3) is 0 Å². The van der Waals surface area contributed by atoms with Gasteiger partial charge in [-0.05, 0) is 50.8 Å². The van der Waals surface area contributed by atoms with E-state index >= 15 is 0 Å². The molecule has 7 nitrogen and oxygen atoms in total. The fourth-order valence-electron chi connectivity index (χ4n) is 5.11. The number of nitrogens with one attached hydrogen (secondary N) is 1. The highest BCUT2D eigenvalue weighted by atomic mass is 35.5. The molecule has 2 fully saturated rings. The number of carbonyl (C=O) groups excluding carboxylic acids is 3. The minimum absolute atomic E-state index is 0.0127. The summed E-state index contributed by atoms with van der Waals surface area (Å²) in [6.07, 6.45) is 1.76. The normalized spacial score (nSPS) is 17.5. The van der Waals surface area contributed by atoms with Gasteiger partial charge >= 0.3 is 0 Å². The topological polar surface area (TPSA) is 73.0 Å². The van der Waals surface area contributed by atoms with Crippen molar-refractivity contribution in [3.8, 4) is 0 Å². The van der Waals surface area contributed by atoms with Crippen LogP contribution in [0.1, 0.15) is 32.3 Å². The maximum Gasteiger partial charge on any atom is 0.250 e. The van der Waals surface area contributed by atoms with Gasteiger partial charge in [0.2, 0.25) is 11.8 Å². The van der Waals surface area contributed by atoms with Gasteiger partial charge < -0.3 is 20.0 Å². The van der Waals surface area contributed by atoms with Crippen LogP contribution >= 0.6 is 11.6 Å². The summed E-state index contributed by atoms with van der Waals surface area (Å²) in [5.74, 6) is 0.0446. The first-order valence-electron chi connectivity index (χ1n) is 12.5. The molecule has 2 saturated heterocycles. The standard InChI is InChI=1S/C28H35ClN4O3/c1-27(2,20-29)25(35)31-17-14-28(15-18-31)26(36)32(21-33(28)23-11-7-4-8-12-23)19-24(34)30-16-13-22-9-5-3-6-10-22/h3-12H,13-21H2,1-2H3,(H,30,34). The Hall–Kier alpha value is -3.06. The third-order valence-electron chi connectivity index (χ3n) is 7.29. The second-order valence-electron chi connectivity index (χ2n) is 10.3. The van der Waals surface area contributed by atoms with Crippen LogP contribution in [-0.4, -0.2) is 71.8 Å². The lowest BCUT2D eigenvalue weighted by atomic mass is 9.84. The lowest BCUT2D eigenvalue weighted by Gasteiger charge is -2.44. The maximum atomic E-state index is 13.8. The van der Waals surface area contributed by atoms with E-state index in [2.05, 4.69) is 10.2 Å². The van der Waals surface area contributed by atoms with Crippen molar-refractivity contribution >= 4 is 35.0 Å². The highest BCUT2D eigenvalue weighted by Crippen LogP contribution is 2.40. The number of para-hydroxylation sites is 1. The van der Waals surface area contributed by atoms with E-state index in [0.29, 0.717) is 39.1 Å². The Bertz CT molecular complexity index is 1070. The maximum absolute atomic E-state index is 13.8. The summed E-state index contributed by atoms with van der Waals surface area (Å²) in [4.78, 5) is 45.1. The van der Waals surface area contributed by atoms with Gasteiger partial charge in [-0.25, -0.2) is 0 Å². The molecule has 1 spiro atoms. The first kappa shape index (κ1) is 26.0. The first-order chi connectivity index (χ1) is 17.3. The Morgan fingerprint density at radius 2 is 1.61 bits per heavy atom. The van der Waals surface area contributed by atoms with Crippen LogP contribution in [-0.2, 0) is 20.8 Å². The zero-order valence-corrected chi connectivity index (χ0v) is 21.8. The van der Waals surface area contributed by atoms with Gasteiger partial charge in [-0.1, -0.05) is 48.5 Å². The molecule has 0 aromatic heterocycles. The van der Waals surface area contributed by atoms with Crippen LogP contribution in [0.2, 0.25) is 0 Å². The molecule has 192 valence electrons. The number of halogens is 1. The van der Waals surface area contributed by atoms with Crippen molar-refractivity contribution in [2.75, 3.05) is 43.6 Å². The van der Waals surface area contributed by atoms with Crippen molar-refractivity contribution in [2.24, 2.45) is 5.41 Å². The van der Waals surface area contributed by atoms with Crippen molar-refractivity contribution in [1.29, 1.82) is 0 Å². The van der Waals surface area contributed by atoms with Gasteiger partial charge in [0.05, 0.1) is 12.1 Å². The summed E-state index contributed by atoms with van der Waals surface area (Å²) >= 11 is 6.04. The third kappa shape index (κ3) is 5.36. The van der Waals surface area contributed by atoms with Gasteiger partial charge in [0.15, 0.2) is 0 Å². The van der Waals surface area contributed by atoms with Crippen LogP contribution in [0.3, 0.4) is 0 Å². The number of benzene rings is 2. The molecule has 1 N–H and O–H groups in total. The molecule has 0 bridgehead atoms. The molecule has 36 heavy (non-hydrogen) atoms. The van der Waals surface area contributed by atoms with Crippen LogP contribution in [0.15, 0.2) is 60.7 Å². The molecule has 0 atom stereocenters. The molecule has 0 aliphatic carbocycles. The SMILES string of the molecule is CC(C)(CCl)C(=O)N1CCC2(CC1)C(=O)N(CC(=O)NCCc1ccccc1)CN2c1ccccc1. The predicted octanol–water partition coefficient (Wildman–Crippen LogP) is 3.28. The smallest absolute Gasteiger partial charge is 0.250 e. The fraction of sp³-hybridized carbons (Fsp3) is 0.464. The Morgan fingerprint density at radius 1 is 1.00 bits per heavy atom. The van der Waals surface area contributed by atoms with E-state index in [-0.39, 0.29) is 30.1 Å². The van der Waals surface area contributed by atoms with Crippen LogP contribution in [0.5, 0.6) is 0 Å². The van der Waals surface area contributed by atoms with Crippen LogP contribution in [0.4, 0.5) is 5.69 Å². The summed E-state index contributed by atoms with van der Waals surface area (Å²) in [5.41, 5.74) is 0.684. The molecule has 3 amide bonds. The number of amides is 3. The Balaban J connectivity index is 1.45. The molecule has 2 aliphatic rings. The van der Waals surface area contributed by atoms with Gasteiger partial charge in [0.1, 0.15) is 12.1 Å². The van der Waals surface area contributed by atoms with Crippen molar-refractivity contribution in [3.63, 3.8) is 0 Å². The van der Waals surface area contributed by atoms with Crippen molar-refractivity contribution in [2.45, 2.75) is 38.6 Å². The van der Waals surface area contributed by atoms with Crippen molar-refractivity contribution in [3.05, 3.63) is 66.2 Å². The second-order valence-corrected chi connectivity index (χ2v) is 10.6. The van der Waals surface area contributed by atoms with E-state index in [0.717, 1.165) is 17.7 Å². The Labute approximate surface area is 218 Å². The molecule has 8 heteroatoms. The van der Waals surface area contributed by atoms with E-state index in [1.807, 2.05) is 79.4 Å². The molecule has 0 unspecified atom stereocenters. The minimum atomic E-state index is -0.770. The number of carbonyl (C=O) groups is 3. The van der Waals surface area contributed by atoms with E-state index < -0.39 is 11.0 Å². The molecule has 2 aliphatic heterocycles. The molecule has 2 aromatic carbocycles. The van der Waals surface area contributed by atoms with Gasteiger partial charge in [-0.15, -0.1) is 11.6 Å². The minimum Gasteiger partial charge on any atom is -0.354 e. The largest absolute Gasteiger partial charge is 0.354 e. The Morgan fingerprint density at radius 3 is 2.22 bits per heavy atom. The molecule has 0 radical (unpaired) electrons. The number of hydrogen-bond donors (Lipinski definition) is 1. The van der Waals surface area contributed by atoms with E-state index in [4.69, 9.17) is 11.6 Å². The molecular weight excluding hydrogens is 476 g/mol. The lowest BCUT2D eigenvalue weighted by Crippen LogP contribution is -2.58. The van der Waals surface area contributed by atoms with Crippen molar-refractivity contribution < 1.29 is 14.4 Å². The highest BCUT2D eigenvalue weighted by molar-refractivity contribution is 6.19. The molecule has 0 saturated carbocycles. The quantitative estimate of drug-likeness (QED) is 0.553. The zero-order chi connectivity index (χ0) is 25.8. The number of nitrogens with zero attached hydrogens (tertiary/aromatic N) is 3. The predicted molar refractivity (Wildman–Crippen MR) is 142 cm³/mol. The average molecular weight is 511 g/mol. The van der Waals surface area contributed by atoms with Gasteiger partial charge in [0.25, 0.3) is 5.91 Å². The number of rotatable bonds is 8. The van der Waals surface area contributed by atoms with Gasteiger partial charge in [-0.3, -0.25) is 14.4 Å². The number of hydrogen-bond acceptors (Lipinski definition) is 4. The van der Waals surface area contributed by atoms with E-state index in [1.54, 1.807) is 4.90 Å². The number of alkyl halides is 1. The number of likely N-dealkylation sites (tertiary alicyclic amines) is 1. The second kappa shape index (κ2) is 10.9. The fourth-order valence-corrected chi connectivity index (χ4v) is 5.22. The summed E-state index contributed by atoms with van der Waals surface area (Å²) in [6.45, 7) is 5.53. The van der Waals surface area contributed by atoms with Crippen LogP contribution in [0, 0.1) is 5.41 Å². The molecule has 2 heterocycles. The van der Waals surface area contributed by atoms with E-state index in [1.165, 1.54) is 0 Å². The molecule has 4 rings (SSSR count). The molecule has 2 aromatic rings. The van der Waals surface area contributed by atoms with Gasteiger partial charge in [-0.2, -0.15) is 0 Å². The summed E-state index contributed by atoms with van der Waals surface area (Å²) in [5, 5.41) is 2.95. The molecular formula is C28H35ClN4O3. The summed E-state index contributed by atoms with van der Waals surface area (Å²) in [7, 11) is 0. The average Bonchev–Trinajstić information content (AvgIpc) is 3.16. The van der Waals surface area contributed by atoms with Gasteiger partial charge in [0, 0.05) is 31.2 Å². The number of anilines is 1. The lowest BCUT2D eigenvalue weighted by molar-refractivity contribution is -0.144. The highest BCUT2D eigenvalue weighted by Gasteiger charge is 2.54. The summed E-state index contributed by atoms with van der Waals surface area (Å²) < 4.78 is 0. The van der Waals surface area contributed by atoms with Crippen molar-refractivity contribution in [1.82, 2.24) is 15.1 Å². The Kier molecular flexibility index (Phi) is 7.88. The third-order valence-corrected chi connectivity index (χ3v) is 7.95. The van der Waals surface area contributed by atoms with Crippen LogP contribution < -0.4 is 10.2 Å². The zero-order valence-electron chi connectivity index (χ0n) is 21.1. The monoisotopic (exact) mass is 510 g/mol. The first-order valence-corrected chi connectivity index (χ1v) is 13.1. The number of piperidine rings is 1. The van der Waals surface area contributed by atoms with E-state index in [9.17, 15) is 14.4 Å².